The second kappa shape index (κ2) is 11.2. The summed E-state index contributed by atoms with van der Waals surface area (Å²) in [5.41, 5.74) is 5.98. The lowest BCUT2D eigenvalue weighted by Gasteiger charge is -2.55. The Morgan fingerprint density at radius 3 is 2.52 bits per heavy atom. The molecular weight excluding hydrogens is 504 g/mol. The zero-order chi connectivity index (χ0) is 28.7. The molecule has 1 N–H and O–H groups in total. The molecule has 2 fully saturated rings. The van der Waals surface area contributed by atoms with E-state index in [0.29, 0.717) is 18.9 Å². The van der Waals surface area contributed by atoms with E-state index >= 15 is 0 Å². The molecule has 1 aromatic carbocycles. The van der Waals surface area contributed by atoms with Gasteiger partial charge >= 0.3 is 5.97 Å². The number of hydrogen-bond donors (Lipinski definition) is 1. The summed E-state index contributed by atoms with van der Waals surface area (Å²) >= 11 is 0. The summed E-state index contributed by atoms with van der Waals surface area (Å²) in [5, 5.41) is 9.39. The number of aliphatic hydroxyl groups excluding tert-OH is 1. The molecule has 5 rings (SSSR count). The van der Waals surface area contributed by atoms with Crippen molar-refractivity contribution in [2.75, 3.05) is 38.9 Å². The fourth-order valence-electron chi connectivity index (χ4n) is 8.42. The number of carbonyl (C=O) groups is 2. The monoisotopic (exact) mass is 548 g/mol. The molecule has 0 spiro atoms. The van der Waals surface area contributed by atoms with Gasteiger partial charge in [-0.3, -0.25) is 14.6 Å². The number of benzene rings is 1. The van der Waals surface area contributed by atoms with Crippen molar-refractivity contribution < 1.29 is 24.2 Å². The van der Waals surface area contributed by atoms with Crippen LogP contribution in [0.5, 0.6) is 0 Å². The lowest BCUT2D eigenvalue weighted by molar-refractivity contribution is -0.185. The maximum Gasteiger partial charge on any atom is 0.303 e. The van der Waals surface area contributed by atoms with Crippen LogP contribution in [-0.2, 0) is 19.1 Å². The number of ketones is 1. The lowest BCUT2D eigenvalue weighted by Crippen LogP contribution is -2.58. The molecule has 0 aliphatic heterocycles. The van der Waals surface area contributed by atoms with Crippen LogP contribution in [-0.4, -0.2) is 62.2 Å². The van der Waals surface area contributed by atoms with Crippen molar-refractivity contribution in [3.05, 3.63) is 52.6 Å². The van der Waals surface area contributed by atoms with Crippen molar-refractivity contribution in [3.8, 4) is 0 Å². The fourth-order valence-corrected chi connectivity index (χ4v) is 8.42. The first-order valence-electron chi connectivity index (χ1n) is 14.8. The zero-order valence-electron chi connectivity index (χ0n) is 24.7. The highest BCUT2D eigenvalue weighted by molar-refractivity contribution is 5.98. The average molecular weight is 549 g/mol. The number of aliphatic imine (C=N–C) groups is 1. The molecule has 7 heteroatoms. The van der Waals surface area contributed by atoms with E-state index in [1.54, 1.807) is 0 Å². The second-order valence-corrected chi connectivity index (χ2v) is 12.3. The van der Waals surface area contributed by atoms with E-state index in [1.807, 2.05) is 21.0 Å². The summed E-state index contributed by atoms with van der Waals surface area (Å²) in [4.78, 5) is 32.9. The van der Waals surface area contributed by atoms with E-state index in [4.69, 9.17) is 9.47 Å². The van der Waals surface area contributed by atoms with Crippen molar-refractivity contribution in [1.29, 1.82) is 0 Å². The lowest BCUT2D eigenvalue weighted by atomic mass is 9.50. The van der Waals surface area contributed by atoms with Crippen LogP contribution in [0, 0.1) is 17.3 Å². The normalized spacial score (nSPS) is 32.2. The Hall–Kier alpha value is -2.77. The van der Waals surface area contributed by atoms with Crippen LogP contribution in [0.25, 0.3) is 0 Å². The molecule has 5 atom stereocenters. The molecule has 0 radical (unpaired) electrons. The molecule has 4 aliphatic carbocycles. The van der Waals surface area contributed by atoms with Gasteiger partial charge in [-0.05, 0) is 98.6 Å². The number of esters is 1. The highest BCUT2D eigenvalue weighted by atomic mass is 16.6. The van der Waals surface area contributed by atoms with Crippen LogP contribution < -0.4 is 4.90 Å². The van der Waals surface area contributed by atoms with Gasteiger partial charge in [-0.25, -0.2) is 0 Å². The minimum absolute atomic E-state index is 0.0350. The van der Waals surface area contributed by atoms with Crippen molar-refractivity contribution in [3.63, 3.8) is 0 Å². The molecule has 2 saturated carbocycles. The van der Waals surface area contributed by atoms with E-state index in [2.05, 4.69) is 47.2 Å². The number of ether oxygens (including phenoxy) is 2. The topological polar surface area (TPSA) is 88.4 Å². The smallest absolute Gasteiger partial charge is 0.303 e. The molecule has 1 aromatic rings. The molecule has 0 aromatic heterocycles. The minimum Gasteiger partial charge on any atom is -0.451 e. The number of allylic oxidation sites excluding steroid dienone is 4. The number of Topliss-reactive ketones (excluding diaryl/α,β-unsaturated/α-hetero) is 1. The predicted molar refractivity (Wildman–Crippen MR) is 157 cm³/mol. The fraction of sp³-hybridized carbons (Fsp3) is 0.606. The van der Waals surface area contributed by atoms with Crippen molar-refractivity contribution in [2.24, 2.45) is 22.2 Å². The number of anilines is 1. The number of fused-ring (bicyclic) bond motifs is 4. The molecule has 0 bridgehead atoms. The molecule has 7 nitrogen and oxygen atoms in total. The second-order valence-electron chi connectivity index (χ2n) is 12.3. The maximum atomic E-state index is 13.9. The van der Waals surface area contributed by atoms with Crippen LogP contribution in [0.2, 0.25) is 0 Å². The van der Waals surface area contributed by atoms with Crippen LogP contribution in [0.4, 0.5) is 5.69 Å². The summed E-state index contributed by atoms with van der Waals surface area (Å²) < 4.78 is 11.8. The van der Waals surface area contributed by atoms with Gasteiger partial charge in [0.25, 0.3) is 0 Å². The number of hydrogen-bond acceptors (Lipinski definition) is 7. The van der Waals surface area contributed by atoms with E-state index < -0.39 is 17.0 Å². The van der Waals surface area contributed by atoms with Gasteiger partial charge in [0.2, 0.25) is 5.78 Å². The molecule has 3 unspecified atom stereocenters. The first-order chi connectivity index (χ1) is 19.1. The van der Waals surface area contributed by atoms with Gasteiger partial charge in [-0.1, -0.05) is 24.6 Å². The number of nitrogens with zero attached hydrogens (tertiary/aromatic N) is 2. The van der Waals surface area contributed by atoms with E-state index in [1.165, 1.54) is 29.2 Å². The Morgan fingerprint density at radius 2 is 1.88 bits per heavy atom. The van der Waals surface area contributed by atoms with Crippen molar-refractivity contribution >= 4 is 23.2 Å². The summed E-state index contributed by atoms with van der Waals surface area (Å²) in [5.74, 6) is 0.167. The third kappa shape index (κ3) is 4.75. The predicted octanol–water partition coefficient (Wildman–Crippen LogP) is 5.38. The third-order valence-corrected chi connectivity index (χ3v) is 10.2. The van der Waals surface area contributed by atoms with Gasteiger partial charge in [0.05, 0.1) is 0 Å². The number of aliphatic hydroxyl groups is 1. The largest absolute Gasteiger partial charge is 0.451 e. The molecule has 40 heavy (non-hydrogen) atoms. The van der Waals surface area contributed by atoms with Gasteiger partial charge in [0.1, 0.15) is 13.3 Å². The Bertz CT molecular complexity index is 1250. The molecule has 216 valence electrons. The average Bonchev–Trinajstić information content (AvgIpc) is 3.23. The standard InChI is InChI=1S/C33H44N2O5/c1-6-39-19-30(38)33(40-21(2)37)16-15-29-27-13-9-23-17-24(34-20-36)10-14-26(23)31(27)28(18-32(29,33)3)22-7-11-25(12-8-22)35(4)5/h7-8,11-12,17,27-29,36H,6,9-10,13-16,18-20H2,1-5H3/b34-24+/t27?,28?,29?,32-,33-/m0/s1. The minimum atomic E-state index is -1.18. The van der Waals surface area contributed by atoms with Gasteiger partial charge in [0.15, 0.2) is 5.60 Å². The van der Waals surface area contributed by atoms with Crippen LogP contribution in [0.3, 0.4) is 0 Å². The van der Waals surface area contributed by atoms with Gasteiger partial charge in [-0.2, -0.15) is 0 Å². The third-order valence-electron chi connectivity index (χ3n) is 10.2. The number of carbonyl (C=O) groups excluding carboxylic acids is 2. The summed E-state index contributed by atoms with van der Waals surface area (Å²) in [6.07, 6.45) is 8.04. The number of rotatable bonds is 8. The quantitative estimate of drug-likeness (QED) is 0.439. The van der Waals surface area contributed by atoms with Gasteiger partial charge in [-0.15, -0.1) is 0 Å². The maximum absolute atomic E-state index is 13.9. The van der Waals surface area contributed by atoms with Crippen LogP contribution in [0.1, 0.15) is 77.2 Å². The summed E-state index contributed by atoms with van der Waals surface area (Å²) in [7, 11) is 4.09. The SMILES string of the molecule is CCOCC(=O)[C@@]1(OC(C)=O)CCC2C3CCC4=C/C(=N/CO)CCC4=C3C(c3ccc(N(C)C)cc3)C[C@@]21C. The van der Waals surface area contributed by atoms with Crippen LogP contribution >= 0.6 is 0 Å². The Labute approximate surface area is 238 Å². The highest BCUT2D eigenvalue weighted by Gasteiger charge is 2.68. The van der Waals surface area contributed by atoms with Gasteiger partial charge < -0.3 is 19.5 Å². The van der Waals surface area contributed by atoms with Crippen LogP contribution in [0.15, 0.2) is 52.1 Å². The summed E-state index contributed by atoms with van der Waals surface area (Å²) in [6.45, 7) is 5.74. The molecule has 4 aliphatic rings. The van der Waals surface area contributed by atoms with E-state index in [9.17, 15) is 14.7 Å². The highest BCUT2D eigenvalue weighted by Crippen LogP contribution is 2.67. The first kappa shape index (κ1) is 28.7. The Morgan fingerprint density at radius 1 is 1.12 bits per heavy atom. The van der Waals surface area contributed by atoms with E-state index in [0.717, 1.165) is 49.9 Å². The molecule has 0 amide bonds. The zero-order valence-corrected chi connectivity index (χ0v) is 24.7. The van der Waals surface area contributed by atoms with Gasteiger partial charge in [0, 0.05) is 50.4 Å². The van der Waals surface area contributed by atoms with Crippen molar-refractivity contribution in [1.82, 2.24) is 0 Å². The molecular formula is C33H44N2O5. The van der Waals surface area contributed by atoms with Crippen molar-refractivity contribution in [2.45, 2.75) is 77.2 Å². The Kier molecular flexibility index (Phi) is 8.08. The Balaban J connectivity index is 1.66. The molecule has 0 heterocycles. The van der Waals surface area contributed by atoms with E-state index in [-0.39, 0.29) is 31.0 Å². The first-order valence-corrected chi connectivity index (χ1v) is 14.8. The molecule has 0 saturated heterocycles. The summed E-state index contributed by atoms with van der Waals surface area (Å²) in [6, 6.07) is 8.81.